The third-order valence-electron chi connectivity index (χ3n) is 2.17. The van der Waals surface area contributed by atoms with E-state index in [9.17, 15) is 10.1 Å². The van der Waals surface area contributed by atoms with Crippen molar-refractivity contribution in [1.82, 2.24) is 9.88 Å². The Kier molecular flexibility index (Phi) is 3.35. The summed E-state index contributed by atoms with van der Waals surface area (Å²) in [6.45, 7) is 1.72. The van der Waals surface area contributed by atoms with E-state index in [4.69, 9.17) is 11.6 Å². The number of amidine groups is 1. The molecule has 0 amide bonds. The van der Waals surface area contributed by atoms with Crippen LogP contribution in [0.2, 0.25) is 4.47 Å². The van der Waals surface area contributed by atoms with Crippen LogP contribution >= 0.6 is 22.9 Å². The predicted octanol–water partition coefficient (Wildman–Crippen LogP) is 1.29. The van der Waals surface area contributed by atoms with E-state index in [1.807, 2.05) is 4.90 Å². The van der Waals surface area contributed by atoms with Crippen molar-refractivity contribution in [1.29, 1.82) is 0 Å². The first-order chi connectivity index (χ1) is 7.65. The fourth-order valence-electron chi connectivity index (χ4n) is 1.51. The summed E-state index contributed by atoms with van der Waals surface area (Å²) < 4.78 is 0.488. The van der Waals surface area contributed by atoms with Crippen LogP contribution in [0.15, 0.2) is 11.2 Å². The summed E-state index contributed by atoms with van der Waals surface area (Å²) in [4.78, 5) is 21.0. The normalized spacial score (nSPS) is 15.3. The molecule has 1 aliphatic rings. The van der Waals surface area contributed by atoms with Crippen LogP contribution in [0, 0.1) is 10.1 Å². The largest absolute Gasteiger partial charge is 0.348 e. The maximum Gasteiger partial charge on any atom is 0.260 e. The fourth-order valence-corrected chi connectivity index (χ4v) is 2.50. The minimum absolute atomic E-state index is 0.216. The molecule has 2 rings (SSSR count). The van der Waals surface area contributed by atoms with Gasteiger partial charge in [0, 0.05) is 22.5 Å². The van der Waals surface area contributed by atoms with Gasteiger partial charge in [-0.1, -0.05) is 11.6 Å². The second kappa shape index (κ2) is 4.75. The van der Waals surface area contributed by atoms with Gasteiger partial charge >= 0.3 is 0 Å². The van der Waals surface area contributed by atoms with Crippen molar-refractivity contribution in [2.75, 3.05) is 19.6 Å². The van der Waals surface area contributed by atoms with Crippen LogP contribution in [-0.4, -0.2) is 40.3 Å². The summed E-state index contributed by atoms with van der Waals surface area (Å²) in [7, 11) is 0. The summed E-state index contributed by atoms with van der Waals surface area (Å²) in [5.41, 5.74) is 0. The molecule has 0 atom stereocenters. The first kappa shape index (κ1) is 11.3. The van der Waals surface area contributed by atoms with Gasteiger partial charge in [-0.3, -0.25) is 15.1 Å². The number of rotatable bonds is 4. The average molecular weight is 261 g/mol. The third kappa shape index (κ3) is 2.67. The first-order valence-corrected chi connectivity index (χ1v) is 5.85. The monoisotopic (exact) mass is 260 g/mol. The van der Waals surface area contributed by atoms with Crippen molar-refractivity contribution < 1.29 is 4.92 Å². The number of nitrogens with zero attached hydrogens (tertiary/aromatic N) is 4. The van der Waals surface area contributed by atoms with Gasteiger partial charge in [-0.05, 0) is 0 Å². The molecular formula is C8H9ClN4O2S. The summed E-state index contributed by atoms with van der Waals surface area (Å²) in [5.74, 6) is 0.537. The molecule has 86 valence electrons. The molecule has 0 aromatic carbocycles. The van der Waals surface area contributed by atoms with Gasteiger partial charge in [0.25, 0.3) is 6.54 Å². The molecule has 6 nitrogen and oxygen atoms in total. The number of aliphatic imine (C=N–C) groups is 1. The second-order valence-electron chi connectivity index (χ2n) is 3.29. The van der Waals surface area contributed by atoms with E-state index in [0.717, 1.165) is 11.4 Å². The molecule has 0 unspecified atom stereocenters. The van der Waals surface area contributed by atoms with E-state index < -0.39 is 0 Å². The number of aromatic nitrogens is 1. The fraction of sp³-hybridized carbons (Fsp3) is 0.500. The highest BCUT2D eigenvalue weighted by Gasteiger charge is 2.21. The van der Waals surface area contributed by atoms with Gasteiger partial charge in [0.2, 0.25) is 0 Å². The molecule has 0 saturated carbocycles. The highest BCUT2D eigenvalue weighted by Crippen LogP contribution is 2.20. The molecule has 0 fully saturated rings. The van der Waals surface area contributed by atoms with Gasteiger partial charge < -0.3 is 4.90 Å². The van der Waals surface area contributed by atoms with Crippen LogP contribution < -0.4 is 0 Å². The SMILES string of the molecule is O=[N+]([O-])CC1=NCCN1Cc1cnc(Cl)s1. The van der Waals surface area contributed by atoms with E-state index in [0.29, 0.717) is 23.4 Å². The molecule has 8 heteroatoms. The first-order valence-electron chi connectivity index (χ1n) is 4.65. The van der Waals surface area contributed by atoms with Gasteiger partial charge in [0.1, 0.15) is 0 Å². The molecule has 0 aliphatic carbocycles. The number of halogens is 1. The number of hydrogen-bond acceptors (Lipinski definition) is 6. The van der Waals surface area contributed by atoms with Gasteiger partial charge in [-0.25, -0.2) is 4.98 Å². The highest BCUT2D eigenvalue weighted by molar-refractivity contribution is 7.15. The lowest BCUT2D eigenvalue weighted by Crippen LogP contribution is -2.31. The van der Waals surface area contributed by atoms with E-state index in [1.54, 1.807) is 6.20 Å². The van der Waals surface area contributed by atoms with Crippen LogP contribution in [-0.2, 0) is 6.54 Å². The smallest absolute Gasteiger partial charge is 0.260 e. The third-order valence-corrected chi connectivity index (χ3v) is 3.27. The molecule has 0 bridgehead atoms. The Hall–Kier alpha value is -1.21. The lowest BCUT2D eigenvalue weighted by molar-refractivity contribution is -0.464. The zero-order valence-corrected chi connectivity index (χ0v) is 9.87. The molecule has 0 saturated heterocycles. The Morgan fingerprint density at radius 3 is 3.12 bits per heavy atom. The van der Waals surface area contributed by atoms with Gasteiger partial charge in [0.05, 0.1) is 13.1 Å². The molecule has 1 aromatic rings. The predicted molar refractivity (Wildman–Crippen MR) is 61.7 cm³/mol. The number of thiazole rings is 1. The summed E-state index contributed by atoms with van der Waals surface area (Å²) in [6.07, 6.45) is 1.69. The van der Waals surface area contributed by atoms with Gasteiger partial charge in [0.15, 0.2) is 10.3 Å². The summed E-state index contributed by atoms with van der Waals surface area (Å²) in [5, 5.41) is 10.4. The van der Waals surface area contributed by atoms with Crippen molar-refractivity contribution >= 4 is 28.8 Å². The van der Waals surface area contributed by atoms with E-state index in [-0.39, 0.29) is 11.5 Å². The van der Waals surface area contributed by atoms with Crippen LogP contribution in [0.25, 0.3) is 0 Å². The van der Waals surface area contributed by atoms with Crippen LogP contribution in [0.1, 0.15) is 4.88 Å². The second-order valence-corrected chi connectivity index (χ2v) is 4.99. The van der Waals surface area contributed by atoms with E-state index in [1.165, 1.54) is 11.3 Å². The average Bonchev–Trinajstić information content (AvgIpc) is 2.77. The Morgan fingerprint density at radius 2 is 2.50 bits per heavy atom. The standard InChI is InChI=1S/C8H9ClN4O2S/c9-8-11-3-6(16-8)4-12-2-1-10-7(12)5-13(14)15/h3H,1-2,4-5H2. The summed E-state index contributed by atoms with van der Waals surface area (Å²) in [6, 6.07) is 0. The van der Waals surface area contributed by atoms with Gasteiger partial charge in [-0.15, -0.1) is 11.3 Å². The van der Waals surface area contributed by atoms with E-state index >= 15 is 0 Å². The summed E-state index contributed by atoms with van der Waals surface area (Å²) >= 11 is 7.10. The zero-order chi connectivity index (χ0) is 11.5. The van der Waals surface area contributed by atoms with E-state index in [2.05, 4.69) is 9.98 Å². The molecule has 0 N–H and O–H groups in total. The molecular weight excluding hydrogens is 252 g/mol. The Bertz CT molecular complexity index is 433. The van der Waals surface area contributed by atoms with Crippen LogP contribution in [0.5, 0.6) is 0 Å². The zero-order valence-electron chi connectivity index (χ0n) is 8.30. The van der Waals surface area contributed by atoms with Crippen molar-refractivity contribution in [3.8, 4) is 0 Å². The highest BCUT2D eigenvalue weighted by atomic mass is 35.5. The van der Waals surface area contributed by atoms with Crippen LogP contribution in [0.3, 0.4) is 0 Å². The molecule has 16 heavy (non-hydrogen) atoms. The maximum absolute atomic E-state index is 10.4. The van der Waals surface area contributed by atoms with Crippen LogP contribution in [0.4, 0.5) is 0 Å². The van der Waals surface area contributed by atoms with Gasteiger partial charge in [-0.2, -0.15) is 0 Å². The number of hydrogen-bond donors (Lipinski definition) is 0. The minimum atomic E-state index is -0.364. The lowest BCUT2D eigenvalue weighted by Gasteiger charge is -2.16. The topological polar surface area (TPSA) is 71.6 Å². The Labute approximate surface area is 101 Å². The minimum Gasteiger partial charge on any atom is -0.348 e. The van der Waals surface area contributed by atoms with Crippen molar-refractivity contribution in [3.05, 3.63) is 25.7 Å². The molecule has 1 aromatic heterocycles. The lowest BCUT2D eigenvalue weighted by atomic mass is 10.4. The molecule has 0 radical (unpaired) electrons. The quantitative estimate of drug-likeness (QED) is 0.604. The molecule has 0 spiro atoms. The Balaban J connectivity index is 2.00. The molecule has 2 heterocycles. The van der Waals surface area contributed by atoms with Crippen molar-refractivity contribution in [3.63, 3.8) is 0 Å². The number of nitro groups is 1. The maximum atomic E-state index is 10.4. The Morgan fingerprint density at radius 1 is 1.69 bits per heavy atom. The van der Waals surface area contributed by atoms with Crippen molar-refractivity contribution in [2.24, 2.45) is 4.99 Å². The van der Waals surface area contributed by atoms with Crippen molar-refractivity contribution in [2.45, 2.75) is 6.54 Å². The molecule has 1 aliphatic heterocycles.